The van der Waals surface area contributed by atoms with E-state index in [4.69, 9.17) is 15.9 Å². The summed E-state index contributed by atoms with van der Waals surface area (Å²) in [4.78, 5) is 14.3. The van der Waals surface area contributed by atoms with Gasteiger partial charge in [0, 0.05) is 54.7 Å². The lowest BCUT2D eigenvalue weighted by Crippen LogP contribution is -2.48. The highest BCUT2D eigenvalue weighted by molar-refractivity contribution is 6.04. The predicted molar refractivity (Wildman–Crippen MR) is 108 cm³/mol. The highest BCUT2D eigenvalue weighted by Crippen LogP contribution is 2.30. The topological polar surface area (TPSA) is 91.4 Å². The highest BCUT2D eigenvalue weighted by atomic mass is 16.5. The Labute approximate surface area is 162 Å². The van der Waals surface area contributed by atoms with Crippen molar-refractivity contribution in [2.45, 2.75) is 57.6 Å². The van der Waals surface area contributed by atoms with Crippen LogP contribution in [0.1, 0.15) is 62.7 Å². The van der Waals surface area contributed by atoms with E-state index in [9.17, 15) is 4.79 Å². The molecule has 0 bridgehead atoms. The van der Waals surface area contributed by atoms with Gasteiger partial charge in [-0.2, -0.15) is 0 Å². The Morgan fingerprint density at radius 2 is 1.93 bits per heavy atom. The number of ether oxygens (including phenoxy) is 1. The Morgan fingerprint density at radius 1 is 1.26 bits per heavy atom. The summed E-state index contributed by atoms with van der Waals surface area (Å²) in [5, 5.41) is 11.8. The van der Waals surface area contributed by atoms with Crippen LogP contribution in [0.5, 0.6) is 0 Å². The fourth-order valence-corrected chi connectivity index (χ4v) is 4.23. The molecule has 1 saturated heterocycles. The van der Waals surface area contributed by atoms with Gasteiger partial charge in [-0.15, -0.1) is 0 Å². The third kappa shape index (κ3) is 4.43. The van der Waals surface area contributed by atoms with Crippen LogP contribution in [0.15, 0.2) is 18.2 Å². The molecule has 1 aromatic carbocycles. The van der Waals surface area contributed by atoms with E-state index in [2.05, 4.69) is 5.32 Å². The van der Waals surface area contributed by atoms with E-state index < -0.39 is 0 Å². The highest BCUT2D eigenvalue weighted by Gasteiger charge is 2.28. The maximum atomic E-state index is 12.4. The first-order valence-electron chi connectivity index (χ1n) is 10.1. The summed E-state index contributed by atoms with van der Waals surface area (Å²) in [7, 11) is 1.66. The number of nitrogens with two attached hydrogens (primary N) is 1. The molecular formula is C21H32N4O2. The van der Waals surface area contributed by atoms with Crippen LogP contribution in [0.3, 0.4) is 0 Å². The zero-order valence-corrected chi connectivity index (χ0v) is 16.5. The summed E-state index contributed by atoms with van der Waals surface area (Å²) in [6.45, 7) is 3.35. The summed E-state index contributed by atoms with van der Waals surface area (Å²) < 4.78 is 5.39. The van der Waals surface area contributed by atoms with E-state index in [1.807, 2.05) is 30.0 Å². The second-order valence-corrected chi connectivity index (χ2v) is 7.79. The Morgan fingerprint density at radius 3 is 2.56 bits per heavy atom. The summed E-state index contributed by atoms with van der Waals surface area (Å²) in [6.07, 6.45) is 6.14. The van der Waals surface area contributed by atoms with Crippen LogP contribution in [0.25, 0.3) is 0 Å². The van der Waals surface area contributed by atoms with Gasteiger partial charge in [0.25, 0.3) is 0 Å². The molecule has 1 saturated carbocycles. The molecule has 0 spiro atoms. The number of carbonyl (C=O) groups excluding carboxylic acids is 1. The van der Waals surface area contributed by atoms with Crippen molar-refractivity contribution in [3.8, 4) is 0 Å². The molecule has 148 valence electrons. The van der Waals surface area contributed by atoms with Crippen molar-refractivity contribution >= 4 is 17.4 Å². The minimum Gasteiger partial charge on any atom is -0.398 e. The average molecular weight is 373 g/mol. The van der Waals surface area contributed by atoms with Gasteiger partial charge in [0.15, 0.2) is 0 Å². The molecule has 2 fully saturated rings. The van der Waals surface area contributed by atoms with Gasteiger partial charge in [-0.1, -0.05) is 31.0 Å². The number of benzene rings is 1. The van der Waals surface area contributed by atoms with Gasteiger partial charge in [-0.05, 0) is 32.6 Å². The van der Waals surface area contributed by atoms with Crippen molar-refractivity contribution in [1.82, 2.24) is 10.2 Å². The molecule has 6 nitrogen and oxygen atoms in total. The maximum Gasteiger partial charge on any atom is 0.317 e. The van der Waals surface area contributed by atoms with Gasteiger partial charge >= 0.3 is 6.03 Å². The average Bonchev–Trinajstić information content (AvgIpc) is 3.20. The van der Waals surface area contributed by atoms with E-state index in [1.165, 1.54) is 12.8 Å². The number of piperidine rings is 1. The lowest BCUT2D eigenvalue weighted by atomic mass is 9.86. The molecule has 1 atom stereocenters. The minimum atomic E-state index is -0.0983. The zero-order valence-electron chi connectivity index (χ0n) is 16.5. The fourth-order valence-electron chi connectivity index (χ4n) is 4.23. The lowest BCUT2D eigenvalue weighted by molar-refractivity contribution is 0.120. The molecular weight excluding hydrogens is 340 g/mol. The van der Waals surface area contributed by atoms with Crippen LogP contribution in [0, 0.1) is 11.3 Å². The van der Waals surface area contributed by atoms with E-state index >= 15 is 0 Å². The number of anilines is 1. The third-order valence-corrected chi connectivity index (χ3v) is 6.09. The van der Waals surface area contributed by atoms with Gasteiger partial charge in [-0.25, -0.2) is 4.79 Å². The number of nitrogens with one attached hydrogen (secondary N) is 2. The molecule has 4 N–H and O–H groups in total. The van der Waals surface area contributed by atoms with Gasteiger partial charge in [0.05, 0.1) is 6.10 Å². The molecule has 6 heteroatoms. The second-order valence-electron chi connectivity index (χ2n) is 7.79. The van der Waals surface area contributed by atoms with E-state index in [-0.39, 0.29) is 18.1 Å². The van der Waals surface area contributed by atoms with Crippen LogP contribution in [-0.4, -0.2) is 42.9 Å². The lowest BCUT2D eigenvalue weighted by Gasteiger charge is -2.33. The molecule has 0 radical (unpaired) electrons. The molecule has 1 aromatic rings. The number of hydrogen-bond acceptors (Lipinski definition) is 4. The Balaban J connectivity index is 1.59. The van der Waals surface area contributed by atoms with Crippen LogP contribution in [0.4, 0.5) is 10.5 Å². The number of para-hydroxylation sites is 1. The van der Waals surface area contributed by atoms with E-state index in [0.717, 1.165) is 36.8 Å². The second kappa shape index (κ2) is 8.74. The summed E-state index contributed by atoms with van der Waals surface area (Å²) in [6, 6.07) is 6.22. The van der Waals surface area contributed by atoms with Crippen LogP contribution in [0.2, 0.25) is 0 Å². The quantitative estimate of drug-likeness (QED) is 0.543. The Kier molecular flexibility index (Phi) is 6.37. The van der Waals surface area contributed by atoms with Gasteiger partial charge < -0.3 is 26.1 Å². The SMILES string of the molecule is COC(C)c1cccc(C(=N)C2CCN(C(=O)NC3CCCC3)CC2)c1N. The van der Waals surface area contributed by atoms with Crippen LogP contribution in [-0.2, 0) is 4.74 Å². The minimum absolute atomic E-state index is 0.0577. The number of nitrogen functional groups attached to an aromatic ring is 1. The van der Waals surface area contributed by atoms with Crippen molar-refractivity contribution in [1.29, 1.82) is 5.41 Å². The standard InChI is InChI=1S/C21H32N4O2/c1-14(27-2)17-8-5-9-18(20(17)23)19(22)15-10-12-25(13-11-15)21(26)24-16-6-3-4-7-16/h5,8-9,14-16,22H,3-4,6-7,10-13,23H2,1-2H3,(H,24,26). The van der Waals surface area contributed by atoms with Crippen LogP contribution < -0.4 is 11.1 Å². The van der Waals surface area contributed by atoms with Crippen molar-refractivity contribution in [2.75, 3.05) is 25.9 Å². The normalized spacial score (nSPS) is 19.9. The first-order valence-corrected chi connectivity index (χ1v) is 10.1. The number of likely N-dealkylation sites (tertiary alicyclic amines) is 1. The largest absolute Gasteiger partial charge is 0.398 e. The van der Waals surface area contributed by atoms with Crippen molar-refractivity contribution in [3.63, 3.8) is 0 Å². The smallest absolute Gasteiger partial charge is 0.317 e. The van der Waals surface area contributed by atoms with Gasteiger partial charge in [0.1, 0.15) is 0 Å². The third-order valence-electron chi connectivity index (χ3n) is 6.09. The molecule has 1 heterocycles. The maximum absolute atomic E-state index is 12.4. The first kappa shape index (κ1) is 19.7. The summed E-state index contributed by atoms with van der Waals surface area (Å²) in [5.74, 6) is 0.135. The predicted octanol–water partition coefficient (Wildman–Crippen LogP) is 3.71. The Bertz CT molecular complexity index is 677. The number of rotatable bonds is 5. The molecule has 27 heavy (non-hydrogen) atoms. The number of methoxy groups -OCH3 is 1. The van der Waals surface area contributed by atoms with E-state index in [1.54, 1.807) is 7.11 Å². The molecule has 0 aromatic heterocycles. The molecule has 1 aliphatic heterocycles. The number of hydrogen-bond donors (Lipinski definition) is 3. The summed E-state index contributed by atoms with van der Waals surface area (Å²) in [5.41, 5.74) is 9.27. The monoisotopic (exact) mass is 372 g/mol. The number of urea groups is 1. The molecule has 2 aliphatic rings. The van der Waals surface area contributed by atoms with Crippen molar-refractivity contribution in [3.05, 3.63) is 29.3 Å². The molecule has 3 rings (SSSR count). The van der Waals surface area contributed by atoms with Crippen molar-refractivity contribution < 1.29 is 9.53 Å². The number of amides is 2. The molecule has 1 unspecified atom stereocenters. The first-order chi connectivity index (χ1) is 13.0. The van der Waals surface area contributed by atoms with Crippen LogP contribution >= 0.6 is 0 Å². The van der Waals surface area contributed by atoms with E-state index in [0.29, 0.717) is 30.5 Å². The summed E-state index contributed by atoms with van der Waals surface area (Å²) >= 11 is 0. The molecule has 1 aliphatic carbocycles. The number of nitrogens with zero attached hydrogens (tertiary/aromatic N) is 1. The Hall–Kier alpha value is -2.08. The van der Waals surface area contributed by atoms with Gasteiger partial charge in [0.2, 0.25) is 0 Å². The zero-order chi connectivity index (χ0) is 19.4. The van der Waals surface area contributed by atoms with Crippen molar-refractivity contribution in [2.24, 2.45) is 5.92 Å². The van der Waals surface area contributed by atoms with Gasteiger partial charge in [-0.3, -0.25) is 0 Å². The number of carbonyl (C=O) groups is 1. The fraction of sp³-hybridized carbons (Fsp3) is 0.619. The molecule has 2 amide bonds.